The molecule has 3 aromatic heterocycles. The zero-order chi connectivity index (χ0) is 21.3. The van der Waals surface area contributed by atoms with Gasteiger partial charge in [-0.2, -0.15) is 18.6 Å². The second kappa shape index (κ2) is 7.99. The summed E-state index contributed by atoms with van der Waals surface area (Å²) in [5.41, 5.74) is 0. The fourth-order valence-corrected chi connectivity index (χ4v) is 2.62. The molecule has 12 heteroatoms. The molecule has 0 unspecified atom stereocenters. The van der Waals surface area contributed by atoms with Crippen LogP contribution >= 0.6 is 12.2 Å². The Balaban J connectivity index is 1.50. The number of aromatic amines is 1. The lowest BCUT2D eigenvalue weighted by Crippen LogP contribution is -2.03. The summed E-state index contributed by atoms with van der Waals surface area (Å²) < 4.78 is 70.7. The fourth-order valence-electron chi connectivity index (χ4n) is 2.44. The molecule has 154 valence electrons. The van der Waals surface area contributed by atoms with Crippen molar-refractivity contribution in [2.24, 2.45) is 5.10 Å². The SMILES string of the molecule is Fc1cc(F)c(F)c(OCc2ccc(C=Nn3c(-c4ccco4)n[nH]c3=S)o2)c1F. The van der Waals surface area contributed by atoms with Gasteiger partial charge in [0, 0.05) is 6.07 Å². The highest BCUT2D eigenvalue weighted by molar-refractivity contribution is 7.71. The largest absolute Gasteiger partial charge is 0.479 e. The first-order chi connectivity index (χ1) is 14.4. The van der Waals surface area contributed by atoms with E-state index in [0.717, 1.165) is 0 Å². The highest BCUT2D eigenvalue weighted by Crippen LogP contribution is 2.27. The van der Waals surface area contributed by atoms with Gasteiger partial charge in [-0.05, 0) is 36.5 Å². The molecule has 0 bridgehead atoms. The van der Waals surface area contributed by atoms with E-state index in [0.29, 0.717) is 11.6 Å². The van der Waals surface area contributed by atoms with Gasteiger partial charge in [0.2, 0.25) is 22.2 Å². The van der Waals surface area contributed by atoms with Crippen LogP contribution in [-0.2, 0) is 6.61 Å². The summed E-state index contributed by atoms with van der Waals surface area (Å²) in [6.45, 7) is -0.479. The number of ether oxygens (including phenoxy) is 1. The summed E-state index contributed by atoms with van der Waals surface area (Å²) in [5, 5.41) is 10.8. The van der Waals surface area contributed by atoms with Crippen molar-refractivity contribution in [2.45, 2.75) is 6.61 Å². The lowest BCUT2D eigenvalue weighted by atomic mass is 10.3. The molecule has 1 N–H and O–H groups in total. The van der Waals surface area contributed by atoms with E-state index >= 15 is 0 Å². The van der Waals surface area contributed by atoms with E-state index in [1.165, 1.54) is 29.3 Å². The molecule has 0 amide bonds. The molecule has 0 saturated carbocycles. The van der Waals surface area contributed by atoms with Crippen molar-refractivity contribution >= 4 is 18.4 Å². The van der Waals surface area contributed by atoms with Crippen molar-refractivity contribution in [2.75, 3.05) is 0 Å². The summed E-state index contributed by atoms with van der Waals surface area (Å²) in [5.74, 6) is -6.46. The highest BCUT2D eigenvalue weighted by atomic mass is 32.1. The van der Waals surface area contributed by atoms with E-state index in [-0.39, 0.29) is 22.4 Å². The van der Waals surface area contributed by atoms with Gasteiger partial charge < -0.3 is 13.6 Å². The van der Waals surface area contributed by atoms with Gasteiger partial charge in [0.1, 0.15) is 18.1 Å². The maximum Gasteiger partial charge on any atom is 0.219 e. The molecule has 0 aliphatic heterocycles. The Kier molecular flexibility index (Phi) is 5.23. The van der Waals surface area contributed by atoms with Crippen LogP contribution in [0.2, 0.25) is 0 Å². The van der Waals surface area contributed by atoms with E-state index in [1.807, 2.05) is 0 Å². The smallest absolute Gasteiger partial charge is 0.219 e. The van der Waals surface area contributed by atoms with Gasteiger partial charge in [-0.3, -0.25) is 0 Å². The van der Waals surface area contributed by atoms with Gasteiger partial charge in [0.25, 0.3) is 0 Å². The lowest BCUT2D eigenvalue weighted by molar-refractivity contribution is 0.237. The average molecular weight is 438 g/mol. The molecule has 0 saturated heterocycles. The minimum Gasteiger partial charge on any atom is -0.479 e. The number of rotatable bonds is 6. The van der Waals surface area contributed by atoms with E-state index in [2.05, 4.69) is 15.3 Å². The second-order valence-electron chi connectivity index (χ2n) is 5.78. The van der Waals surface area contributed by atoms with E-state index in [4.69, 9.17) is 25.8 Å². The molecule has 0 aliphatic rings. The van der Waals surface area contributed by atoms with Crippen molar-refractivity contribution in [3.63, 3.8) is 0 Å². The van der Waals surface area contributed by atoms with Gasteiger partial charge in [0.15, 0.2) is 23.1 Å². The Morgan fingerprint density at radius 1 is 1.17 bits per heavy atom. The zero-order valence-electron chi connectivity index (χ0n) is 14.7. The number of H-pyrrole nitrogens is 1. The van der Waals surface area contributed by atoms with Crippen molar-refractivity contribution in [3.05, 3.63) is 76.2 Å². The number of nitrogens with zero attached hydrogens (tertiary/aromatic N) is 3. The van der Waals surface area contributed by atoms with Crippen LogP contribution in [0.1, 0.15) is 11.5 Å². The summed E-state index contributed by atoms with van der Waals surface area (Å²) in [4.78, 5) is 0. The van der Waals surface area contributed by atoms with Crippen LogP contribution in [0.25, 0.3) is 11.6 Å². The highest BCUT2D eigenvalue weighted by Gasteiger charge is 2.21. The van der Waals surface area contributed by atoms with Gasteiger partial charge in [-0.25, -0.2) is 13.9 Å². The number of benzene rings is 1. The molecule has 0 spiro atoms. The Morgan fingerprint density at radius 2 is 1.93 bits per heavy atom. The van der Waals surface area contributed by atoms with Crippen LogP contribution in [-0.4, -0.2) is 21.1 Å². The number of hydrogen-bond donors (Lipinski definition) is 1. The maximum absolute atomic E-state index is 13.6. The molecular formula is C18H10F4N4O3S. The number of aromatic nitrogens is 3. The normalized spacial score (nSPS) is 11.5. The van der Waals surface area contributed by atoms with E-state index in [9.17, 15) is 17.6 Å². The maximum atomic E-state index is 13.6. The van der Waals surface area contributed by atoms with Crippen LogP contribution in [0, 0.1) is 28.0 Å². The van der Waals surface area contributed by atoms with Gasteiger partial charge >= 0.3 is 0 Å². The quantitative estimate of drug-likeness (QED) is 0.202. The summed E-state index contributed by atoms with van der Waals surface area (Å²) >= 11 is 5.12. The van der Waals surface area contributed by atoms with Crippen LogP contribution in [0.3, 0.4) is 0 Å². The zero-order valence-corrected chi connectivity index (χ0v) is 15.6. The van der Waals surface area contributed by atoms with Crippen LogP contribution in [0.4, 0.5) is 17.6 Å². The third-order valence-corrected chi connectivity index (χ3v) is 4.07. The first-order valence-electron chi connectivity index (χ1n) is 8.24. The van der Waals surface area contributed by atoms with E-state index < -0.39 is 35.6 Å². The van der Waals surface area contributed by atoms with Crippen molar-refractivity contribution < 1.29 is 31.1 Å². The second-order valence-corrected chi connectivity index (χ2v) is 6.16. The molecule has 0 fully saturated rings. The third-order valence-electron chi connectivity index (χ3n) is 3.81. The topological polar surface area (TPSA) is 81.5 Å². The Hall–Kier alpha value is -3.67. The summed E-state index contributed by atoms with van der Waals surface area (Å²) in [6, 6.07) is 6.38. The molecule has 30 heavy (non-hydrogen) atoms. The molecule has 0 atom stereocenters. The Bertz CT molecular complexity index is 1250. The third kappa shape index (κ3) is 3.76. The number of nitrogens with one attached hydrogen (secondary N) is 1. The molecular weight excluding hydrogens is 428 g/mol. The number of halogens is 4. The van der Waals surface area contributed by atoms with Crippen LogP contribution < -0.4 is 4.74 Å². The van der Waals surface area contributed by atoms with Crippen molar-refractivity contribution in [1.29, 1.82) is 0 Å². The standard InChI is InChI=1S/C18H10F4N4O3S/c19-11-6-12(20)15(22)16(14(11)21)28-8-10-4-3-9(29-10)7-23-26-17(24-25-18(26)30)13-2-1-5-27-13/h1-7H,8H2,(H,25,30). The Labute approximate surface area is 170 Å². The van der Waals surface area contributed by atoms with E-state index in [1.54, 1.807) is 12.1 Å². The van der Waals surface area contributed by atoms with Gasteiger partial charge in [0.05, 0.1) is 12.5 Å². The van der Waals surface area contributed by atoms with Crippen molar-refractivity contribution in [3.8, 4) is 17.3 Å². The van der Waals surface area contributed by atoms with Gasteiger partial charge in [-0.15, -0.1) is 5.10 Å². The first kappa shape index (κ1) is 19.6. The predicted molar refractivity (Wildman–Crippen MR) is 97.4 cm³/mol. The number of hydrogen-bond acceptors (Lipinski definition) is 6. The monoisotopic (exact) mass is 438 g/mol. The molecule has 0 radical (unpaired) electrons. The minimum absolute atomic E-state index is 0.0942. The summed E-state index contributed by atoms with van der Waals surface area (Å²) in [7, 11) is 0. The molecule has 7 nitrogen and oxygen atoms in total. The molecule has 0 aliphatic carbocycles. The fraction of sp³-hybridized carbons (Fsp3) is 0.0556. The Morgan fingerprint density at radius 3 is 2.63 bits per heavy atom. The average Bonchev–Trinajstić information content (AvgIpc) is 3.46. The molecule has 4 rings (SSSR count). The number of furan rings is 2. The van der Waals surface area contributed by atoms with Crippen molar-refractivity contribution in [1.82, 2.24) is 14.9 Å². The minimum atomic E-state index is -1.64. The molecule has 3 heterocycles. The first-order valence-corrected chi connectivity index (χ1v) is 8.65. The molecule has 4 aromatic rings. The lowest BCUT2D eigenvalue weighted by Gasteiger charge is -2.08. The molecule has 1 aromatic carbocycles. The summed E-state index contributed by atoms with van der Waals surface area (Å²) in [6.07, 6.45) is 2.78. The van der Waals surface area contributed by atoms with Crippen LogP contribution in [0.5, 0.6) is 5.75 Å². The predicted octanol–water partition coefficient (Wildman–Crippen LogP) is 4.81. The van der Waals surface area contributed by atoms with Gasteiger partial charge in [-0.1, -0.05) is 0 Å². The van der Waals surface area contributed by atoms with Crippen LogP contribution in [0.15, 0.2) is 50.5 Å².